The highest BCUT2D eigenvalue weighted by Crippen LogP contribution is 2.29. The van der Waals surface area contributed by atoms with Crippen LogP contribution in [0.1, 0.15) is 49.4 Å². The fraction of sp³-hybridized carbons (Fsp3) is 0.619. The molecule has 0 atom stereocenters. The van der Waals surface area contributed by atoms with Crippen molar-refractivity contribution >= 4 is 11.8 Å². The summed E-state index contributed by atoms with van der Waals surface area (Å²) in [6.07, 6.45) is 5.15. The van der Waals surface area contributed by atoms with Gasteiger partial charge in [-0.2, -0.15) is 0 Å². The molecule has 2 heterocycles. The summed E-state index contributed by atoms with van der Waals surface area (Å²) < 4.78 is 11.4. The highest BCUT2D eigenvalue weighted by molar-refractivity contribution is 5.95. The molecule has 2 fully saturated rings. The summed E-state index contributed by atoms with van der Waals surface area (Å²) >= 11 is 0. The van der Waals surface area contributed by atoms with E-state index in [4.69, 9.17) is 9.47 Å². The van der Waals surface area contributed by atoms with Gasteiger partial charge in [0.05, 0.1) is 6.61 Å². The predicted octanol–water partition coefficient (Wildman–Crippen LogP) is 1.96. The fourth-order valence-electron chi connectivity index (χ4n) is 3.65. The van der Waals surface area contributed by atoms with Crippen LogP contribution in [0.2, 0.25) is 0 Å². The van der Waals surface area contributed by atoms with Gasteiger partial charge in [0.25, 0.3) is 11.8 Å². The molecular formula is C21H31N3O4. The molecule has 0 bridgehead atoms. The third-order valence-electron chi connectivity index (χ3n) is 5.24. The summed E-state index contributed by atoms with van der Waals surface area (Å²) in [6, 6.07) is 5.33. The van der Waals surface area contributed by atoms with Gasteiger partial charge in [-0.3, -0.25) is 9.59 Å². The van der Waals surface area contributed by atoms with Gasteiger partial charge in [-0.1, -0.05) is 0 Å². The van der Waals surface area contributed by atoms with E-state index in [1.165, 1.54) is 6.42 Å². The molecule has 7 nitrogen and oxygen atoms in total. The van der Waals surface area contributed by atoms with Gasteiger partial charge in [0.1, 0.15) is 0 Å². The molecule has 0 unspecified atom stereocenters. The van der Waals surface area contributed by atoms with E-state index >= 15 is 0 Å². The molecule has 1 aromatic rings. The molecule has 1 aromatic carbocycles. The third kappa shape index (κ3) is 5.61. The van der Waals surface area contributed by atoms with Crippen molar-refractivity contribution < 1.29 is 19.1 Å². The maximum absolute atomic E-state index is 12.6. The van der Waals surface area contributed by atoms with Gasteiger partial charge >= 0.3 is 0 Å². The van der Waals surface area contributed by atoms with Crippen LogP contribution in [0.3, 0.4) is 0 Å². The van der Waals surface area contributed by atoms with Crippen LogP contribution in [0.15, 0.2) is 18.2 Å². The first-order valence-electron chi connectivity index (χ1n) is 10.4. The highest BCUT2D eigenvalue weighted by Gasteiger charge is 2.20. The number of carbonyl (C=O) groups excluding carboxylic acids is 2. The lowest BCUT2D eigenvalue weighted by molar-refractivity contribution is -0.134. The number of rotatable bonds is 7. The number of carbonyl (C=O) groups is 2. The van der Waals surface area contributed by atoms with Gasteiger partial charge in [0.2, 0.25) is 0 Å². The van der Waals surface area contributed by atoms with Crippen LogP contribution in [0.5, 0.6) is 11.5 Å². The molecule has 7 heteroatoms. The van der Waals surface area contributed by atoms with Crippen molar-refractivity contribution in [2.75, 3.05) is 39.4 Å². The van der Waals surface area contributed by atoms with Crippen LogP contribution in [0, 0.1) is 0 Å². The summed E-state index contributed by atoms with van der Waals surface area (Å²) in [6.45, 7) is 5.77. The number of benzene rings is 1. The van der Waals surface area contributed by atoms with E-state index in [9.17, 15) is 9.59 Å². The van der Waals surface area contributed by atoms with Crippen molar-refractivity contribution in [1.29, 1.82) is 0 Å². The number of nitrogens with one attached hydrogen (secondary N) is 2. The summed E-state index contributed by atoms with van der Waals surface area (Å²) in [7, 11) is 0. The molecule has 0 aromatic heterocycles. The quantitative estimate of drug-likeness (QED) is 0.745. The average Bonchev–Trinajstić information content (AvgIpc) is 2.74. The van der Waals surface area contributed by atoms with Crippen molar-refractivity contribution in [3.8, 4) is 11.5 Å². The van der Waals surface area contributed by atoms with E-state index in [2.05, 4.69) is 10.6 Å². The average molecular weight is 389 g/mol. The Morgan fingerprint density at radius 2 is 1.86 bits per heavy atom. The molecule has 3 rings (SSSR count). The van der Waals surface area contributed by atoms with E-state index in [0.717, 1.165) is 51.9 Å². The molecule has 0 spiro atoms. The van der Waals surface area contributed by atoms with Crippen LogP contribution >= 0.6 is 0 Å². The number of likely N-dealkylation sites (tertiary alicyclic amines) is 1. The molecule has 2 aliphatic rings. The van der Waals surface area contributed by atoms with Gasteiger partial charge < -0.3 is 25.0 Å². The van der Waals surface area contributed by atoms with E-state index < -0.39 is 0 Å². The number of hydrogen-bond donors (Lipinski definition) is 2. The topological polar surface area (TPSA) is 79.9 Å². The smallest absolute Gasteiger partial charge is 0.260 e. The zero-order valence-electron chi connectivity index (χ0n) is 16.7. The normalized spacial score (nSPS) is 17.8. The van der Waals surface area contributed by atoms with Crippen LogP contribution in [-0.4, -0.2) is 62.1 Å². The number of piperidine rings is 2. The number of hydrogen-bond acceptors (Lipinski definition) is 5. The van der Waals surface area contributed by atoms with Crippen molar-refractivity contribution in [3.63, 3.8) is 0 Å². The third-order valence-corrected chi connectivity index (χ3v) is 5.24. The second-order valence-electron chi connectivity index (χ2n) is 7.32. The standard InChI is InChI=1S/C21H31N3O4/c1-2-27-19-14-16(21(26)23-17-8-10-22-11-9-17)6-7-18(19)28-15-20(25)24-12-4-3-5-13-24/h6-7,14,17,22H,2-5,8-13,15H2,1H3,(H,23,26). The zero-order valence-corrected chi connectivity index (χ0v) is 16.7. The molecule has 2 saturated heterocycles. The maximum atomic E-state index is 12.6. The lowest BCUT2D eigenvalue weighted by Gasteiger charge is -2.26. The molecule has 0 saturated carbocycles. The maximum Gasteiger partial charge on any atom is 0.260 e. The summed E-state index contributed by atoms with van der Waals surface area (Å²) in [5.41, 5.74) is 0.539. The Kier molecular flexibility index (Phi) is 7.54. The van der Waals surface area contributed by atoms with E-state index in [-0.39, 0.29) is 24.5 Å². The van der Waals surface area contributed by atoms with Crippen molar-refractivity contribution in [3.05, 3.63) is 23.8 Å². The Morgan fingerprint density at radius 3 is 2.57 bits per heavy atom. The fourth-order valence-corrected chi connectivity index (χ4v) is 3.65. The monoisotopic (exact) mass is 389 g/mol. The van der Waals surface area contributed by atoms with Crippen molar-refractivity contribution in [1.82, 2.24) is 15.5 Å². The number of ether oxygens (including phenoxy) is 2. The summed E-state index contributed by atoms with van der Waals surface area (Å²) in [5, 5.41) is 6.37. The molecule has 154 valence electrons. The predicted molar refractivity (Wildman–Crippen MR) is 107 cm³/mol. The first-order valence-corrected chi connectivity index (χ1v) is 10.4. The Balaban J connectivity index is 1.61. The molecule has 2 amide bonds. The van der Waals surface area contributed by atoms with Crippen LogP contribution < -0.4 is 20.1 Å². The SMILES string of the molecule is CCOc1cc(C(=O)NC2CCNCC2)ccc1OCC(=O)N1CCCCC1. The minimum atomic E-state index is -0.108. The Morgan fingerprint density at radius 1 is 1.11 bits per heavy atom. The lowest BCUT2D eigenvalue weighted by atomic mass is 10.1. The van der Waals surface area contributed by atoms with Gasteiger partial charge in [0, 0.05) is 24.7 Å². The lowest BCUT2D eigenvalue weighted by Crippen LogP contribution is -2.42. The molecule has 0 radical (unpaired) electrons. The van der Waals surface area contributed by atoms with Crippen LogP contribution in [-0.2, 0) is 4.79 Å². The van der Waals surface area contributed by atoms with Gasteiger partial charge in [-0.15, -0.1) is 0 Å². The summed E-state index contributed by atoms with van der Waals surface area (Å²) in [5.74, 6) is 0.871. The second-order valence-corrected chi connectivity index (χ2v) is 7.32. The molecule has 2 N–H and O–H groups in total. The Hall–Kier alpha value is -2.28. The molecule has 28 heavy (non-hydrogen) atoms. The van der Waals surface area contributed by atoms with Gasteiger partial charge in [0.15, 0.2) is 18.1 Å². The van der Waals surface area contributed by atoms with E-state index in [0.29, 0.717) is 23.7 Å². The first-order chi connectivity index (χ1) is 13.7. The number of amides is 2. The minimum absolute atomic E-state index is 0.00474. The van der Waals surface area contributed by atoms with E-state index in [1.54, 1.807) is 18.2 Å². The number of nitrogens with zero attached hydrogens (tertiary/aromatic N) is 1. The highest BCUT2D eigenvalue weighted by atomic mass is 16.5. The second kappa shape index (κ2) is 10.3. The summed E-state index contributed by atoms with van der Waals surface area (Å²) in [4.78, 5) is 26.7. The van der Waals surface area contributed by atoms with Crippen molar-refractivity contribution in [2.45, 2.75) is 45.1 Å². The van der Waals surface area contributed by atoms with Gasteiger partial charge in [-0.05, 0) is 70.3 Å². The van der Waals surface area contributed by atoms with Crippen molar-refractivity contribution in [2.24, 2.45) is 0 Å². The van der Waals surface area contributed by atoms with Crippen LogP contribution in [0.4, 0.5) is 0 Å². The molecular weight excluding hydrogens is 358 g/mol. The zero-order chi connectivity index (χ0) is 19.8. The molecule has 0 aliphatic carbocycles. The Labute approximate surface area is 166 Å². The van der Waals surface area contributed by atoms with Gasteiger partial charge in [-0.25, -0.2) is 0 Å². The molecule has 2 aliphatic heterocycles. The van der Waals surface area contributed by atoms with Crippen LogP contribution in [0.25, 0.3) is 0 Å². The van der Waals surface area contributed by atoms with E-state index in [1.807, 2.05) is 11.8 Å². The largest absolute Gasteiger partial charge is 0.490 e. The first kappa shape index (κ1) is 20.5. The Bertz CT molecular complexity index is 668. The minimum Gasteiger partial charge on any atom is -0.490 e.